The highest BCUT2D eigenvalue weighted by Crippen LogP contribution is 2.18. The van der Waals surface area contributed by atoms with E-state index in [1.807, 2.05) is 0 Å². The molecule has 0 spiro atoms. The van der Waals surface area contributed by atoms with Crippen molar-refractivity contribution >= 4 is 17.6 Å². The third-order valence-electron chi connectivity index (χ3n) is 3.07. The molecule has 0 aromatic heterocycles. The van der Waals surface area contributed by atoms with Crippen molar-refractivity contribution < 1.29 is 23.1 Å². The van der Waals surface area contributed by atoms with Crippen molar-refractivity contribution in [3.63, 3.8) is 0 Å². The van der Waals surface area contributed by atoms with Gasteiger partial charge in [-0.25, -0.2) is 8.78 Å². The fourth-order valence-electron chi connectivity index (χ4n) is 1.99. The van der Waals surface area contributed by atoms with Crippen molar-refractivity contribution in [3.8, 4) is 0 Å². The van der Waals surface area contributed by atoms with Gasteiger partial charge in [-0.05, 0) is 55.5 Å². The third kappa shape index (κ3) is 4.35. The second kappa shape index (κ2) is 7.49. The van der Waals surface area contributed by atoms with Crippen LogP contribution in [0.25, 0.3) is 0 Å². The molecule has 0 saturated heterocycles. The largest absolute Gasteiger partial charge is 0.465 e. The molecule has 0 atom stereocenters. The minimum Gasteiger partial charge on any atom is -0.465 e. The number of nitrogens with zero attached hydrogens (tertiary/aromatic N) is 1. The number of amides is 1. The SMILES string of the molecule is CCOC(=O)CN(C(=O)c1ccc(F)cc1)c1ccc(F)cc1. The molecule has 2 aromatic carbocycles. The van der Waals surface area contributed by atoms with Crippen LogP contribution in [0.1, 0.15) is 17.3 Å². The summed E-state index contributed by atoms with van der Waals surface area (Å²) in [4.78, 5) is 25.5. The molecule has 0 unspecified atom stereocenters. The molecule has 0 bridgehead atoms. The first-order valence-electron chi connectivity index (χ1n) is 7.00. The number of carbonyl (C=O) groups is 2. The van der Waals surface area contributed by atoms with Crippen molar-refractivity contribution in [2.75, 3.05) is 18.1 Å². The van der Waals surface area contributed by atoms with Gasteiger partial charge in [-0.2, -0.15) is 0 Å². The Labute approximate surface area is 132 Å². The van der Waals surface area contributed by atoms with Gasteiger partial charge in [-0.3, -0.25) is 14.5 Å². The van der Waals surface area contributed by atoms with E-state index in [-0.39, 0.29) is 18.7 Å². The van der Waals surface area contributed by atoms with Crippen molar-refractivity contribution in [1.82, 2.24) is 0 Å². The van der Waals surface area contributed by atoms with Gasteiger partial charge in [0, 0.05) is 11.3 Å². The summed E-state index contributed by atoms with van der Waals surface area (Å²) < 4.78 is 30.9. The Kier molecular flexibility index (Phi) is 5.41. The molecule has 0 N–H and O–H groups in total. The van der Waals surface area contributed by atoms with Crippen LogP contribution in [0.4, 0.5) is 14.5 Å². The summed E-state index contributed by atoms with van der Waals surface area (Å²) in [5.74, 6) is -2.03. The van der Waals surface area contributed by atoms with Crippen LogP contribution in [-0.4, -0.2) is 25.0 Å². The maximum absolute atomic E-state index is 13.1. The van der Waals surface area contributed by atoms with E-state index in [0.29, 0.717) is 5.69 Å². The van der Waals surface area contributed by atoms with Gasteiger partial charge >= 0.3 is 5.97 Å². The first-order valence-corrected chi connectivity index (χ1v) is 7.00. The first kappa shape index (κ1) is 16.6. The molecule has 6 heteroatoms. The lowest BCUT2D eigenvalue weighted by Crippen LogP contribution is -2.36. The lowest BCUT2D eigenvalue weighted by Gasteiger charge is -2.22. The highest BCUT2D eigenvalue weighted by Gasteiger charge is 2.21. The molecule has 4 nitrogen and oxygen atoms in total. The van der Waals surface area contributed by atoms with E-state index in [9.17, 15) is 18.4 Å². The number of benzene rings is 2. The van der Waals surface area contributed by atoms with E-state index in [2.05, 4.69) is 0 Å². The van der Waals surface area contributed by atoms with E-state index >= 15 is 0 Å². The second-order valence-electron chi connectivity index (χ2n) is 4.68. The smallest absolute Gasteiger partial charge is 0.326 e. The standard InChI is InChI=1S/C17H15F2NO3/c1-2-23-16(21)11-20(15-9-7-14(19)8-10-15)17(22)12-3-5-13(18)6-4-12/h3-10H,2,11H2,1H3. The molecule has 0 aliphatic carbocycles. The first-order chi connectivity index (χ1) is 11.0. The number of rotatable bonds is 5. The molecule has 2 rings (SSSR count). The average Bonchev–Trinajstić information content (AvgIpc) is 2.54. The number of halogens is 2. The predicted molar refractivity (Wildman–Crippen MR) is 81.1 cm³/mol. The van der Waals surface area contributed by atoms with Gasteiger partial charge in [0.1, 0.15) is 18.2 Å². The minimum absolute atomic E-state index is 0.181. The number of hydrogen-bond acceptors (Lipinski definition) is 3. The molecular weight excluding hydrogens is 304 g/mol. The van der Waals surface area contributed by atoms with E-state index in [1.165, 1.54) is 36.4 Å². The summed E-state index contributed by atoms with van der Waals surface area (Å²) >= 11 is 0. The van der Waals surface area contributed by atoms with Crippen molar-refractivity contribution in [2.45, 2.75) is 6.92 Å². The normalized spacial score (nSPS) is 10.2. The zero-order valence-electron chi connectivity index (χ0n) is 12.5. The number of esters is 1. The molecular formula is C17H15F2NO3. The zero-order valence-corrected chi connectivity index (χ0v) is 12.5. The van der Waals surface area contributed by atoms with Crippen LogP contribution in [-0.2, 0) is 9.53 Å². The zero-order chi connectivity index (χ0) is 16.8. The molecule has 0 saturated carbocycles. The van der Waals surface area contributed by atoms with Crippen LogP contribution in [0, 0.1) is 11.6 Å². The van der Waals surface area contributed by atoms with Crippen LogP contribution >= 0.6 is 0 Å². The highest BCUT2D eigenvalue weighted by atomic mass is 19.1. The number of ether oxygens (including phenoxy) is 1. The molecule has 0 aliphatic rings. The molecule has 23 heavy (non-hydrogen) atoms. The van der Waals surface area contributed by atoms with Crippen molar-refractivity contribution in [2.24, 2.45) is 0 Å². The highest BCUT2D eigenvalue weighted by molar-refractivity contribution is 6.08. The number of hydrogen-bond donors (Lipinski definition) is 0. The van der Waals surface area contributed by atoms with E-state index < -0.39 is 23.5 Å². The third-order valence-corrected chi connectivity index (χ3v) is 3.07. The van der Waals surface area contributed by atoms with Gasteiger partial charge in [0.15, 0.2) is 0 Å². The Morgan fingerprint density at radius 1 is 0.957 bits per heavy atom. The second-order valence-corrected chi connectivity index (χ2v) is 4.68. The van der Waals surface area contributed by atoms with Gasteiger partial charge in [0.05, 0.1) is 6.61 Å². The molecule has 0 heterocycles. The van der Waals surface area contributed by atoms with Crippen LogP contribution in [0.2, 0.25) is 0 Å². The van der Waals surface area contributed by atoms with Crippen LogP contribution < -0.4 is 4.90 Å². The van der Waals surface area contributed by atoms with E-state index in [4.69, 9.17) is 4.74 Å². The van der Waals surface area contributed by atoms with Gasteiger partial charge in [0.25, 0.3) is 5.91 Å². The van der Waals surface area contributed by atoms with Crippen molar-refractivity contribution in [3.05, 3.63) is 65.7 Å². The lowest BCUT2D eigenvalue weighted by molar-refractivity contribution is -0.141. The Hall–Kier alpha value is -2.76. The fourth-order valence-corrected chi connectivity index (χ4v) is 1.99. The number of carbonyl (C=O) groups excluding carboxylic acids is 2. The van der Waals surface area contributed by atoms with E-state index in [0.717, 1.165) is 17.0 Å². The minimum atomic E-state index is -0.590. The Bertz CT molecular complexity index is 684. The summed E-state index contributed by atoms with van der Waals surface area (Å²) in [6, 6.07) is 10.1. The van der Waals surface area contributed by atoms with Crippen LogP contribution in [0.5, 0.6) is 0 Å². The van der Waals surface area contributed by atoms with Gasteiger partial charge in [0.2, 0.25) is 0 Å². The molecule has 0 radical (unpaired) electrons. The molecule has 0 fully saturated rings. The summed E-state index contributed by atoms with van der Waals surface area (Å²) in [6.07, 6.45) is 0. The Morgan fingerprint density at radius 2 is 1.48 bits per heavy atom. The monoisotopic (exact) mass is 319 g/mol. The maximum atomic E-state index is 13.1. The Morgan fingerprint density at radius 3 is 2.00 bits per heavy atom. The Balaban J connectivity index is 2.31. The summed E-state index contributed by atoms with van der Waals surface area (Å²) in [7, 11) is 0. The summed E-state index contributed by atoms with van der Waals surface area (Å²) in [5, 5.41) is 0. The summed E-state index contributed by atoms with van der Waals surface area (Å²) in [6.45, 7) is 1.51. The quantitative estimate of drug-likeness (QED) is 0.795. The average molecular weight is 319 g/mol. The predicted octanol–water partition coefficient (Wildman–Crippen LogP) is 3.17. The lowest BCUT2D eigenvalue weighted by atomic mass is 10.1. The van der Waals surface area contributed by atoms with Gasteiger partial charge in [-0.1, -0.05) is 0 Å². The van der Waals surface area contributed by atoms with Crippen molar-refractivity contribution in [1.29, 1.82) is 0 Å². The number of anilines is 1. The van der Waals surface area contributed by atoms with Gasteiger partial charge in [-0.15, -0.1) is 0 Å². The fraction of sp³-hybridized carbons (Fsp3) is 0.176. The van der Waals surface area contributed by atoms with Gasteiger partial charge < -0.3 is 4.74 Å². The molecule has 1 amide bonds. The van der Waals surface area contributed by atoms with Crippen LogP contribution in [0.15, 0.2) is 48.5 Å². The van der Waals surface area contributed by atoms with E-state index in [1.54, 1.807) is 6.92 Å². The molecule has 120 valence electrons. The maximum Gasteiger partial charge on any atom is 0.326 e. The van der Waals surface area contributed by atoms with Crippen LogP contribution in [0.3, 0.4) is 0 Å². The molecule has 0 aliphatic heterocycles. The summed E-state index contributed by atoms with van der Waals surface area (Å²) in [5.41, 5.74) is 0.550. The topological polar surface area (TPSA) is 46.6 Å². The molecule has 2 aromatic rings.